The van der Waals surface area contributed by atoms with Crippen LogP contribution in [0, 0.1) is 6.92 Å². The average molecular weight is 487 g/mol. The van der Waals surface area contributed by atoms with Gasteiger partial charge < -0.3 is 0 Å². The molecule has 2 aromatic carbocycles. The third kappa shape index (κ3) is 4.59. The normalized spacial score (nSPS) is 16.5. The van der Waals surface area contributed by atoms with Crippen LogP contribution in [-0.2, 0) is 20.0 Å². The molecule has 1 N–H and O–H groups in total. The number of anilines is 1. The van der Waals surface area contributed by atoms with Crippen molar-refractivity contribution in [2.75, 3.05) is 17.8 Å². The zero-order valence-corrected chi connectivity index (χ0v) is 18.8. The molecule has 0 saturated carbocycles. The smallest absolute Gasteiger partial charge is 0.263 e. The van der Waals surface area contributed by atoms with E-state index in [0.29, 0.717) is 23.1 Å². The number of hydrogen-bond donors (Lipinski definition) is 1. The van der Waals surface area contributed by atoms with Crippen LogP contribution >= 0.6 is 15.9 Å². The van der Waals surface area contributed by atoms with E-state index >= 15 is 0 Å². The molecule has 0 unspecified atom stereocenters. The van der Waals surface area contributed by atoms with Gasteiger partial charge in [-0.25, -0.2) is 16.8 Å². The molecule has 152 valence electrons. The lowest BCUT2D eigenvalue weighted by Crippen LogP contribution is -2.32. The van der Waals surface area contributed by atoms with Crippen molar-refractivity contribution in [2.24, 2.45) is 0 Å². The Kier molecular flexibility index (Phi) is 6.48. The van der Waals surface area contributed by atoms with E-state index in [1.807, 2.05) is 0 Å². The van der Waals surface area contributed by atoms with E-state index in [2.05, 4.69) is 20.7 Å². The minimum absolute atomic E-state index is 0.0903. The lowest BCUT2D eigenvalue weighted by molar-refractivity contribution is 0.423. The van der Waals surface area contributed by atoms with Crippen LogP contribution in [0.15, 0.2) is 56.7 Å². The number of benzene rings is 2. The Balaban J connectivity index is 1.94. The summed E-state index contributed by atoms with van der Waals surface area (Å²) < 4.78 is 56.2. The van der Waals surface area contributed by atoms with E-state index in [1.165, 1.54) is 16.4 Å². The predicted molar refractivity (Wildman–Crippen MR) is 113 cm³/mol. The molecule has 1 saturated heterocycles. The molecule has 1 aliphatic rings. The summed E-state index contributed by atoms with van der Waals surface area (Å²) >= 11 is 3.24. The maximum atomic E-state index is 13.1. The molecule has 3 rings (SSSR count). The van der Waals surface area contributed by atoms with Crippen molar-refractivity contribution < 1.29 is 16.8 Å². The average Bonchev–Trinajstić information content (AvgIpc) is 2.93. The van der Waals surface area contributed by atoms with E-state index in [-0.39, 0.29) is 15.5 Å². The quantitative estimate of drug-likeness (QED) is 0.688. The molecule has 1 heterocycles. The summed E-state index contributed by atoms with van der Waals surface area (Å²) in [7, 11) is -7.53. The van der Waals surface area contributed by atoms with Gasteiger partial charge in [0.05, 0.1) is 10.6 Å². The lowest BCUT2D eigenvalue weighted by atomic mass is 10.2. The van der Waals surface area contributed by atoms with Crippen molar-refractivity contribution >= 4 is 41.7 Å². The Morgan fingerprint density at radius 2 is 1.54 bits per heavy atom. The van der Waals surface area contributed by atoms with E-state index in [0.717, 1.165) is 25.7 Å². The van der Waals surface area contributed by atoms with Gasteiger partial charge >= 0.3 is 0 Å². The molecule has 9 heteroatoms. The molecule has 1 fully saturated rings. The molecule has 2 aromatic rings. The summed E-state index contributed by atoms with van der Waals surface area (Å²) in [4.78, 5) is 0.231. The first kappa shape index (κ1) is 21.3. The van der Waals surface area contributed by atoms with E-state index in [1.54, 1.807) is 37.3 Å². The topological polar surface area (TPSA) is 83.5 Å². The van der Waals surface area contributed by atoms with Crippen molar-refractivity contribution in [1.82, 2.24) is 4.31 Å². The van der Waals surface area contributed by atoms with Gasteiger partial charge in [0.2, 0.25) is 10.0 Å². The number of hydrogen-bond acceptors (Lipinski definition) is 4. The van der Waals surface area contributed by atoms with Crippen molar-refractivity contribution in [1.29, 1.82) is 0 Å². The fraction of sp³-hybridized carbons (Fsp3) is 0.368. The van der Waals surface area contributed by atoms with Crippen molar-refractivity contribution in [2.45, 2.75) is 42.4 Å². The molecule has 0 aliphatic carbocycles. The molecule has 0 radical (unpaired) electrons. The minimum Gasteiger partial charge on any atom is -0.280 e. The highest BCUT2D eigenvalue weighted by Gasteiger charge is 2.27. The number of sulfonamides is 2. The zero-order valence-electron chi connectivity index (χ0n) is 15.6. The van der Waals surface area contributed by atoms with Crippen molar-refractivity contribution in [3.63, 3.8) is 0 Å². The van der Waals surface area contributed by atoms with Gasteiger partial charge in [-0.2, -0.15) is 4.31 Å². The second-order valence-corrected chi connectivity index (χ2v) is 11.2. The van der Waals surface area contributed by atoms with E-state index in [4.69, 9.17) is 0 Å². The number of aryl methyl sites for hydroxylation is 1. The van der Waals surface area contributed by atoms with Crippen LogP contribution in [0.4, 0.5) is 5.69 Å². The highest BCUT2D eigenvalue weighted by molar-refractivity contribution is 9.10. The fourth-order valence-electron chi connectivity index (χ4n) is 3.24. The van der Waals surface area contributed by atoms with Gasteiger partial charge in [0.15, 0.2) is 0 Å². The van der Waals surface area contributed by atoms with Crippen LogP contribution < -0.4 is 4.72 Å². The summed E-state index contributed by atoms with van der Waals surface area (Å²) in [6.07, 6.45) is 3.73. The molecule has 0 aromatic heterocycles. The summed E-state index contributed by atoms with van der Waals surface area (Å²) in [5, 5.41) is 0. The molecule has 28 heavy (non-hydrogen) atoms. The first-order valence-corrected chi connectivity index (χ1v) is 12.8. The lowest BCUT2D eigenvalue weighted by Gasteiger charge is -2.21. The van der Waals surface area contributed by atoms with Crippen LogP contribution in [0.1, 0.15) is 31.2 Å². The van der Waals surface area contributed by atoms with Crippen molar-refractivity contribution in [3.05, 3.63) is 52.5 Å². The number of halogens is 1. The summed E-state index contributed by atoms with van der Waals surface area (Å²) in [5.41, 5.74) is 0.808. The summed E-state index contributed by atoms with van der Waals surface area (Å²) in [6.45, 7) is 2.71. The third-order valence-corrected chi connectivity index (χ3v) is 9.18. The third-order valence-electron chi connectivity index (χ3n) is 4.75. The first-order valence-electron chi connectivity index (χ1n) is 9.10. The van der Waals surface area contributed by atoms with Gasteiger partial charge in [-0.05, 0) is 65.5 Å². The van der Waals surface area contributed by atoms with E-state index in [9.17, 15) is 16.8 Å². The van der Waals surface area contributed by atoms with Crippen LogP contribution in [0.25, 0.3) is 0 Å². The molecule has 0 amide bonds. The molecule has 0 bridgehead atoms. The molecular formula is C19H23BrN2O4S2. The zero-order chi connectivity index (χ0) is 20.4. The second-order valence-electron chi connectivity index (χ2n) is 6.83. The number of nitrogens with zero attached hydrogens (tertiary/aromatic N) is 1. The highest BCUT2D eigenvalue weighted by atomic mass is 79.9. The highest BCUT2D eigenvalue weighted by Crippen LogP contribution is 2.28. The first-order chi connectivity index (χ1) is 13.2. The van der Waals surface area contributed by atoms with Gasteiger partial charge in [0.25, 0.3) is 10.0 Å². The number of rotatable bonds is 5. The summed E-state index contributed by atoms with van der Waals surface area (Å²) in [5.74, 6) is 0. The fourth-order valence-corrected chi connectivity index (χ4v) is 7.06. The minimum atomic E-state index is -3.86. The molecule has 1 aliphatic heterocycles. The Hall–Kier alpha value is -1.42. The van der Waals surface area contributed by atoms with Crippen molar-refractivity contribution in [3.8, 4) is 0 Å². The Morgan fingerprint density at radius 3 is 2.18 bits per heavy atom. The monoisotopic (exact) mass is 486 g/mol. The Morgan fingerprint density at radius 1 is 0.893 bits per heavy atom. The molecule has 6 nitrogen and oxygen atoms in total. The van der Waals surface area contributed by atoms with Gasteiger partial charge in [-0.15, -0.1) is 0 Å². The SMILES string of the molecule is Cc1ccc(NS(=O)(=O)c2ccccc2Br)cc1S(=O)(=O)N1CCCCCC1. The molecular weight excluding hydrogens is 464 g/mol. The molecule has 0 spiro atoms. The Labute approximate surface area is 175 Å². The van der Waals surface area contributed by atoms with Crippen LogP contribution in [0.5, 0.6) is 0 Å². The van der Waals surface area contributed by atoms with Gasteiger partial charge in [0.1, 0.15) is 4.90 Å². The van der Waals surface area contributed by atoms with E-state index < -0.39 is 20.0 Å². The van der Waals surface area contributed by atoms with Crippen LogP contribution in [0.2, 0.25) is 0 Å². The largest absolute Gasteiger partial charge is 0.280 e. The predicted octanol–water partition coefficient (Wildman–Crippen LogP) is 4.12. The van der Waals surface area contributed by atoms with Crippen LogP contribution in [-0.4, -0.2) is 34.2 Å². The van der Waals surface area contributed by atoms with Gasteiger partial charge in [-0.1, -0.05) is 31.0 Å². The number of nitrogens with one attached hydrogen (secondary N) is 1. The summed E-state index contributed by atoms with van der Waals surface area (Å²) in [6, 6.07) is 11.1. The molecule has 0 atom stereocenters. The maximum absolute atomic E-state index is 13.1. The maximum Gasteiger partial charge on any atom is 0.263 e. The second kappa shape index (κ2) is 8.52. The van der Waals surface area contributed by atoms with Crippen LogP contribution in [0.3, 0.4) is 0 Å². The standard InChI is InChI=1S/C19H23BrN2O4S2/c1-15-10-11-16(21-27(23,24)18-9-5-4-8-17(18)20)14-19(15)28(25,26)22-12-6-2-3-7-13-22/h4-5,8-11,14,21H,2-3,6-7,12-13H2,1H3. The van der Waals surface area contributed by atoms with Gasteiger partial charge in [0, 0.05) is 17.6 Å². The Bertz CT molecular complexity index is 1060. The van der Waals surface area contributed by atoms with Gasteiger partial charge in [-0.3, -0.25) is 4.72 Å².